The van der Waals surface area contributed by atoms with Crippen molar-refractivity contribution in [3.05, 3.63) is 185 Å². The Morgan fingerprint density at radius 3 is 1.82 bits per heavy atom. The fourth-order valence-corrected chi connectivity index (χ4v) is 8.03. The summed E-state index contributed by atoms with van der Waals surface area (Å²) in [6.07, 6.45) is 5.51. The van der Waals surface area contributed by atoms with Crippen molar-refractivity contribution in [3.63, 3.8) is 0 Å². The summed E-state index contributed by atoms with van der Waals surface area (Å²) in [5.74, 6) is 0.118. The average Bonchev–Trinajstić information content (AvgIpc) is 3.74. The third kappa shape index (κ3) is 5.37. The van der Waals surface area contributed by atoms with Crippen molar-refractivity contribution in [1.29, 1.82) is 0 Å². The summed E-state index contributed by atoms with van der Waals surface area (Å²) < 4.78 is 2.46. The molecule has 2 aliphatic rings. The van der Waals surface area contributed by atoms with Crippen LogP contribution in [-0.2, 0) is 5.79 Å². The van der Waals surface area contributed by atoms with E-state index in [9.17, 15) is 0 Å². The number of aryl methyl sites for hydroxylation is 2. The van der Waals surface area contributed by atoms with Crippen LogP contribution in [0.2, 0.25) is 0 Å². The van der Waals surface area contributed by atoms with Gasteiger partial charge in [0, 0.05) is 16.7 Å². The fraction of sp³-hybridized carbons (Fsp3) is 0.174. The van der Waals surface area contributed by atoms with Gasteiger partial charge in [0.2, 0.25) is 5.79 Å². The highest BCUT2D eigenvalue weighted by molar-refractivity contribution is 6.06. The molecule has 0 saturated carbocycles. The van der Waals surface area contributed by atoms with Crippen LogP contribution >= 0.6 is 0 Å². The molecule has 1 aliphatic heterocycles. The second-order valence-corrected chi connectivity index (χ2v) is 13.6. The quantitative estimate of drug-likeness (QED) is 0.187. The van der Waals surface area contributed by atoms with Crippen LogP contribution in [0.4, 0.5) is 0 Å². The molecule has 8 rings (SSSR count). The topological polar surface area (TPSA) is 42.2 Å². The van der Waals surface area contributed by atoms with Gasteiger partial charge in [-0.25, -0.2) is 9.98 Å². The van der Waals surface area contributed by atoms with E-state index in [0.717, 1.165) is 51.6 Å². The van der Waals surface area contributed by atoms with Gasteiger partial charge in [0.25, 0.3) is 0 Å². The lowest BCUT2D eigenvalue weighted by Gasteiger charge is -2.40. The van der Waals surface area contributed by atoms with Crippen molar-refractivity contribution in [3.8, 4) is 33.9 Å². The molecule has 0 saturated heterocycles. The molecule has 0 radical (unpaired) electrons. The summed E-state index contributed by atoms with van der Waals surface area (Å²) in [4.78, 5) is 11.7. The number of benzene rings is 5. The Labute approximate surface area is 295 Å². The molecule has 0 bridgehead atoms. The van der Waals surface area contributed by atoms with Crippen LogP contribution in [0.25, 0.3) is 33.9 Å². The van der Waals surface area contributed by atoms with Gasteiger partial charge in [0.1, 0.15) is 5.82 Å². The zero-order valence-corrected chi connectivity index (χ0v) is 29.1. The first-order valence-electron chi connectivity index (χ1n) is 17.6. The van der Waals surface area contributed by atoms with Crippen LogP contribution in [0.1, 0.15) is 48.6 Å². The molecule has 1 N–H and O–H groups in total. The Morgan fingerprint density at radius 1 is 0.660 bits per heavy atom. The summed E-state index contributed by atoms with van der Waals surface area (Å²) in [7, 11) is 0. The summed E-state index contributed by atoms with van der Waals surface area (Å²) in [6, 6.07) is 49.1. The van der Waals surface area contributed by atoms with Gasteiger partial charge < -0.3 is 0 Å². The van der Waals surface area contributed by atoms with E-state index in [0.29, 0.717) is 0 Å². The molecule has 2 heterocycles. The summed E-state index contributed by atoms with van der Waals surface area (Å²) in [5.41, 5.74) is 13.4. The molecule has 5 aromatic carbocycles. The first kappa shape index (κ1) is 31.7. The molecule has 4 heteroatoms. The summed E-state index contributed by atoms with van der Waals surface area (Å²) in [6.45, 7) is 8.98. The molecule has 3 atom stereocenters. The number of hydrogen-bond donors (Lipinski definition) is 1. The van der Waals surface area contributed by atoms with Gasteiger partial charge in [-0.3, -0.25) is 9.88 Å². The number of allylic oxidation sites excluding steroid dienone is 3. The number of aliphatic imine (C=N–C) groups is 1. The van der Waals surface area contributed by atoms with Crippen molar-refractivity contribution in [2.45, 2.75) is 45.9 Å². The van der Waals surface area contributed by atoms with Crippen LogP contribution in [0.5, 0.6) is 0 Å². The third-order valence-electron chi connectivity index (χ3n) is 10.3. The van der Waals surface area contributed by atoms with Gasteiger partial charge in [0.15, 0.2) is 0 Å². The van der Waals surface area contributed by atoms with Crippen molar-refractivity contribution in [1.82, 2.24) is 14.9 Å². The Balaban J connectivity index is 1.57. The van der Waals surface area contributed by atoms with E-state index < -0.39 is 5.79 Å². The van der Waals surface area contributed by atoms with Crippen molar-refractivity contribution >= 4 is 5.71 Å². The molecule has 3 unspecified atom stereocenters. The molecular formula is C46H42N4. The molecule has 0 spiro atoms. The van der Waals surface area contributed by atoms with Gasteiger partial charge in [-0.05, 0) is 66.5 Å². The van der Waals surface area contributed by atoms with Gasteiger partial charge in [-0.1, -0.05) is 159 Å². The van der Waals surface area contributed by atoms with Crippen LogP contribution in [0.3, 0.4) is 0 Å². The largest absolute Gasteiger partial charge is 0.281 e. The molecule has 6 aromatic rings. The fourth-order valence-electron chi connectivity index (χ4n) is 8.03. The van der Waals surface area contributed by atoms with E-state index in [1.54, 1.807) is 0 Å². The van der Waals surface area contributed by atoms with E-state index in [2.05, 4.69) is 189 Å². The standard InChI is InChI=1S/C46H42N4/c1-31-19-17-20-32(2)39(31)45-47-43(37-27-13-7-14-28-37)44(38-29-15-8-16-30-38)50(45)46(40-33(3)21-18-22-34(40)4)48-41(35-23-9-5-10-24-35)42(49-46)36-25-11-6-12-26-36/h5-21,23-30,34,41,48H,22H2,1-4H3. The van der Waals surface area contributed by atoms with E-state index >= 15 is 0 Å². The maximum atomic E-state index is 6.02. The molecule has 246 valence electrons. The second-order valence-electron chi connectivity index (χ2n) is 13.6. The first-order chi connectivity index (χ1) is 24.5. The molecule has 50 heavy (non-hydrogen) atoms. The summed E-state index contributed by atoms with van der Waals surface area (Å²) in [5, 5.41) is 4.27. The Hall–Kier alpha value is -5.58. The molecule has 1 aromatic heterocycles. The number of rotatable bonds is 7. The normalized spacial score (nSPS) is 20.3. The smallest absolute Gasteiger partial charge is 0.217 e. The zero-order chi connectivity index (χ0) is 34.2. The highest BCUT2D eigenvalue weighted by Crippen LogP contribution is 2.50. The molecule has 4 nitrogen and oxygen atoms in total. The minimum atomic E-state index is -1.00. The van der Waals surface area contributed by atoms with Gasteiger partial charge in [-0.2, -0.15) is 0 Å². The second kappa shape index (κ2) is 13.0. The van der Waals surface area contributed by atoms with Crippen molar-refractivity contribution in [2.24, 2.45) is 10.9 Å². The lowest BCUT2D eigenvalue weighted by Crippen LogP contribution is -2.48. The molecule has 1 aliphatic carbocycles. The van der Waals surface area contributed by atoms with Crippen molar-refractivity contribution < 1.29 is 0 Å². The Bertz CT molecular complexity index is 2230. The SMILES string of the molecule is CC1=C(C2(n3c(-c4c(C)cccc4C)nc(-c4ccccc4)c3-c3ccccc3)N=C(c3ccccc3)C(c3ccccc3)N2)C(C)CC=C1. The average molecular weight is 651 g/mol. The lowest BCUT2D eigenvalue weighted by atomic mass is 9.83. The monoisotopic (exact) mass is 650 g/mol. The maximum Gasteiger partial charge on any atom is 0.217 e. The van der Waals surface area contributed by atoms with E-state index in [-0.39, 0.29) is 12.0 Å². The minimum absolute atomic E-state index is 0.172. The number of nitrogens with zero attached hydrogens (tertiary/aromatic N) is 3. The number of hydrogen-bond acceptors (Lipinski definition) is 3. The van der Waals surface area contributed by atoms with Gasteiger partial charge in [0.05, 0.1) is 23.1 Å². The van der Waals surface area contributed by atoms with E-state index in [1.165, 1.54) is 27.8 Å². The van der Waals surface area contributed by atoms with Crippen LogP contribution in [0, 0.1) is 19.8 Å². The molecular weight excluding hydrogens is 609 g/mol. The highest BCUT2D eigenvalue weighted by atomic mass is 15.4. The highest BCUT2D eigenvalue weighted by Gasteiger charge is 2.50. The Kier molecular flexibility index (Phi) is 8.26. The van der Waals surface area contributed by atoms with Crippen molar-refractivity contribution in [2.75, 3.05) is 0 Å². The zero-order valence-electron chi connectivity index (χ0n) is 29.1. The Morgan fingerprint density at radius 2 is 1.22 bits per heavy atom. The lowest BCUT2D eigenvalue weighted by molar-refractivity contribution is 0.271. The van der Waals surface area contributed by atoms with Crippen LogP contribution in [0.15, 0.2) is 168 Å². The molecule has 0 amide bonds. The first-order valence-corrected chi connectivity index (χ1v) is 17.6. The minimum Gasteiger partial charge on any atom is -0.281 e. The third-order valence-corrected chi connectivity index (χ3v) is 10.3. The number of imidazole rings is 1. The molecule has 0 fully saturated rings. The number of aromatic nitrogens is 2. The maximum absolute atomic E-state index is 6.02. The van der Waals surface area contributed by atoms with E-state index in [4.69, 9.17) is 9.98 Å². The van der Waals surface area contributed by atoms with Crippen LogP contribution < -0.4 is 5.32 Å². The predicted molar refractivity (Wildman–Crippen MR) is 207 cm³/mol. The van der Waals surface area contributed by atoms with E-state index in [1.807, 2.05) is 0 Å². The van der Waals surface area contributed by atoms with Gasteiger partial charge >= 0.3 is 0 Å². The predicted octanol–water partition coefficient (Wildman–Crippen LogP) is 10.9. The number of nitrogens with one attached hydrogen (secondary N) is 1. The van der Waals surface area contributed by atoms with Crippen LogP contribution in [-0.4, -0.2) is 15.3 Å². The van der Waals surface area contributed by atoms with Gasteiger partial charge in [-0.15, -0.1) is 0 Å². The summed E-state index contributed by atoms with van der Waals surface area (Å²) >= 11 is 0.